The van der Waals surface area contributed by atoms with Crippen LogP contribution in [-0.2, 0) is 13.0 Å². The number of para-hydroxylation sites is 1. The van der Waals surface area contributed by atoms with Crippen LogP contribution < -0.4 is 0 Å². The Morgan fingerprint density at radius 1 is 1.00 bits per heavy atom. The Kier molecular flexibility index (Phi) is 2.29. The third-order valence-electron chi connectivity index (χ3n) is 4.31. The highest BCUT2D eigenvalue weighted by molar-refractivity contribution is 6.06. The van der Waals surface area contributed by atoms with E-state index in [2.05, 4.69) is 28.8 Å². The van der Waals surface area contributed by atoms with E-state index in [1.807, 2.05) is 0 Å². The summed E-state index contributed by atoms with van der Waals surface area (Å²) in [6.45, 7) is 2.14. The molecule has 0 unspecified atom stereocenters. The van der Waals surface area contributed by atoms with Crippen LogP contribution in [0.15, 0.2) is 29.3 Å². The van der Waals surface area contributed by atoms with E-state index in [0.29, 0.717) is 0 Å². The van der Waals surface area contributed by atoms with Crippen LogP contribution in [0.5, 0.6) is 0 Å². The Hall–Kier alpha value is -1.57. The van der Waals surface area contributed by atoms with Gasteiger partial charge in [-0.2, -0.15) is 0 Å². The van der Waals surface area contributed by atoms with E-state index in [0.717, 1.165) is 19.5 Å². The predicted octanol–water partition coefficient (Wildman–Crippen LogP) is 3.56. The lowest BCUT2D eigenvalue weighted by Crippen LogP contribution is -2.19. The standard InChI is InChI=1S/C16H18N2/c1-2-7-14-16-13(9-10-17-14)12-6-3-4-8-15(12)18(16)11-5-1/h3-4,6,8H,1-2,5,7,9-11H2. The summed E-state index contributed by atoms with van der Waals surface area (Å²) in [5.41, 5.74) is 5.80. The summed E-state index contributed by atoms with van der Waals surface area (Å²) in [7, 11) is 0. The average Bonchev–Trinajstić information content (AvgIpc) is 2.70. The van der Waals surface area contributed by atoms with Crippen LogP contribution >= 0.6 is 0 Å². The minimum atomic E-state index is 0.982. The van der Waals surface area contributed by atoms with Crippen LogP contribution in [0.2, 0.25) is 0 Å². The second-order valence-electron chi connectivity index (χ2n) is 5.39. The summed E-state index contributed by atoms with van der Waals surface area (Å²) in [5.74, 6) is 0. The molecule has 0 aliphatic carbocycles. The summed E-state index contributed by atoms with van der Waals surface area (Å²) in [6.07, 6.45) is 6.23. The van der Waals surface area contributed by atoms with Crippen molar-refractivity contribution in [3.63, 3.8) is 0 Å². The number of aliphatic imine (C=N–C) groups is 1. The SMILES string of the molecule is c1ccc2c(c1)c1c3n2CCCCCC3=NCC1. The Morgan fingerprint density at radius 2 is 1.94 bits per heavy atom. The number of benzene rings is 1. The first kappa shape index (κ1) is 10.4. The van der Waals surface area contributed by atoms with Gasteiger partial charge in [0.25, 0.3) is 0 Å². The Labute approximate surface area is 107 Å². The molecule has 0 saturated carbocycles. The Balaban J connectivity index is 2.07. The molecule has 0 atom stereocenters. The van der Waals surface area contributed by atoms with E-state index in [9.17, 15) is 0 Å². The lowest BCUT2D eigenvalue weighted by Gasteiger charge is -2.20. The minimum absolute atomic E-state index is 0.982. The van der Waals surface area contributed by atoms with Crippen LogP contribution in [-0.4, -0.2) is 16.8 Å². The maximum atomic E-state index is 4.79. The molecule has 1 aromatic carbocycles. The zero-order chi connectivity index (χ0) is 11.9. The van der Waals surface area contributed by atoms with Gasteiger partial charge in [-0.15, -0.1) is 0 Å². The average molecular weight is 238 g/mol. The predicted molar refractivity (Wildman–Crippen MR) is 75.5 cm³/mol. The highest BCUT2D eigenvalue weighted by atomic mass is 15.0. The molecule has 1 aromatic heterocycles. The van der Waals surface area contributed by atoms with Gasteiger partial charge in [-0.05, 0) is 37.3 Å². The van der Waals surface area contributed by atoms with Crippen molar-refractivity contribution < 1.29 is 0 Å². The van der Waals surface area contributed by atoms with Gasteiger partial charge in [0, 0.05) is 24.0 Å². The summed E-state index contributed by atoms with van der Waals surface area (Å²) in [6, 6.07) is 8.88. The molecule has 2 aliphatic rings. The Morgan fingerprint density at radius 3 is 2.94 bits per heavy atom. The maximum absolute atomic E-state index is 4.79. The zero-order valence-electron chi connectivity index (χ0n) is 10.7. The molecule has 2 aliphatic heterocycles. The molecule has 0 saturated heterocycles. The molecule has 0 N–H and O–H groups in total. The molecule has 2 heteroatoms. The maximum Gasteiger partial charge on any atom is 0.0665 e. The van der Waals surface area contributed by atoms with Gasteiger partial charge >= 0.3 is 0 Å². The lowest BCUT2D eigenvalue weighted by molar-refractivity contribution is 0.586. The second kappa shape index (κ2) is 3.98. The van der Waals surface area contributed by atoms with Gasteiger partial charge in [-0.1, -0.05) is 24.6 Å². The fourth-order valence-corrected chi connectivity index (χ4v) is 3.50. The molecule has 0 bridgehead atoms. The molecular formula is C16H18N2. The largest absolute Gasteiger partial charge is 0.339 e. The first-order chi connectivity index (χ1) is 8.95. The molecule has 92 valence electrons. The van der Waals surface area contributed by atoms with Gasteiger partial charge < -0.3 is 4.57 Å². The van der Waals surface area contributed by atoms with Crippen LogP contribution in [0, 0.1) is 0 Å². The summed E-state index contributed by atoms with van der Waals surface area (Å²) in [5, 5.41) is 1.46. The highest BCUT2D eigenvalue weighted by Gasteiger charge is 2.23. The summed E-state index contributed by atoms with van der Waals surface area (Å²) in [4.78, 5) is 4.79. The van der Waals surface area contributed by atoms with Gasteiger partial charge in [-0.3, -0.25) is 4.99 Å². The number of aromatic nitrogens is 1. The molecule has 18 heavy (non-hydrogen) atoms. The van der Waals surface area contributed by atoms with Crippen molar-refractivity contribution in [1.82, 2.24) is 4.57 Å². The van der Waals surface area contributed by atoms with Gasteiger partial charge in [0.05, 0.1) is 11.4 Å². The van der Waals surface area contributed by atoms with Crippen LogP contribution in [0.4, 0.5) is 0 Å². The van der Waals surface area contributed by atoms with E-state index < -0.39 is 0 Å². The fourth-order valence-electron chi connectivity index (χ4n) is 3.50. The van der Waals surface area contributed by atoms with Crippen LogP contribution in [0.25, 0.3) is 10.9 Å². The van der Waals surface area contributed by atoms with Gasteiger partial charge in [0.1, 0.15) is 0 Å². The second-order valence-corrected chi connectivity index (χ2v) is 5.39. The van der Waals surface area contributed by atoms with Crippen molar-refractivity contribution in [2.75, 3.05) is 6.54 Å². The number of hydrogen-bond donors (Lipinski definition) is 0. The normalized spacial score (nSPS) is 19.0. The van der Waals surface area contributed by atoms with Crippen molar-refractivity contribution in [2.45, 2.75) is 38.6 Å². The summed E-state index contributed by atoms with van der Waals surface area (Å²) < 4.78 is 2.53. The number of rotatable bonds is 0. The van der Waals surface area contributed by atoms with Crippen LogP contribution in [0.3, 0.4) is 0 Å². The Bertz CT molecular complexity index is 634. The topological polar surface area (TPSA) is 17.3 Å². The van der Waals surface area contributed by atoms with E-state index in [1.165, 1.54) is 48.0 Å². The molecule has 3 heterocycles. The monoisotopic (exact) mass is 238 g/mol. The first-order valence-corrected chi connectivity index (χ1v) is 7.09. The smallest absolute Gasteiger partial charge is 0.0665 e. The molecule has 0 fully saturated rings. The van der Waals surface area contributed by atoms with E-state index in [4.69, 9.17) is 4.99 Å². The number of fused-ring (bicyclic) bond motifs is 3. The molecule has 2 nitrogen and oxygen atoms in total. The third kappa shape index (κ3) is 1.38. The number of hydrogen-bond acceptors (Lipinski definition) is 1. The third-order valence-corrected chi connectivity index (χ3v) is 4.31. The van der Waals surface area contributed by atoms with Crippen LogP contribution in [0.1, 0.15) is 36.9 Å². The van der Waals surface area contributed by atoms with Gasteiger partial charge in [-0.25, -0.2) is 0 Å². The van der Waals surface area contributed by atoms with Crippen molar-refractivity contribution >= 4 is 16.6 Å². The molecule has 2 aromatic rings. The molecular weight excluding hydrogens is 220 g/mol. The quantitative estimate of drug-likeness (QED) is 0.667. The van der Waals surface area contributed by atoms with Gasteiger partial charge in [0.15, 0.2) is 0 Å². The van der Waals surface area contributed by atoms with Crippen molar-refractivity contribution in [2.24, 2.45) is 4.99 Å². The fraction of sp³-hybridized carbons (Fsp3) is 0.438. The van der Waals surface area contributed by atoms with Crippen molar-refractivity contribution in [3.8, 4) is 0 Å². The summed E-state index contributed by atoms with van der Waals surface area (Å²) >= 11 is 0. The minimum Gasteiger partial charge on any atom is -0.339 e. The highest BCUT2D eigenvalue weighted by Crippen LogP contribution is 2.32. The van der Waals surface area contributed by atoms with E-state index in [-0.39, 0.29) is 0 Å². The van der Waals surface area contributed by atoms with E-state index >= 15 is 0 Å². The van der Waals surface area contributed by atoms with Gasteiger partial charge in [0.2, 0.25) is 0 Å². The molecule has 4 rings (SSSR count). The molecule has 0 amide bonds. The zero-order valence-corrected chi connectivity index (χ0v) is 10.7. The number of aryl methyl sites for hydroxylation is 1. The van der Waals surface area contributed by atoms with Crippen molar-refractivity contribution in [3.05, 3.63) is 35.5 Å². The lowest BCUT2D eigenvalue weighted by atomic mass is 9.98. The molecule has 0 spiro atoms. The number of nitrogens with zero attached hydrogens (tertiary/aromatic N) is 2. The first-order valence-electron chi connectivity index (χ1n) is 7.09. The van der Waals surface area contributed by atoms with E-state index in [1.54, 1.807) is 5.56 Å². The van der Waals surface area contributed by atoms with Crippen molar-refractivity contribution in [1.29, 1.82) is 0 Å². The molecule has 0 radical (unpaired) electrons.